The molecular formula is C25H17N2O7-. The Kier molecular flexibility index (Phi) is 5.77. The van der Waals surface area contributed by atoms with Gasteiger partial charge in [-0.15, -0.1) is 0 Å². The first kappa shape index (κ1) is 22.5. The Labute approximate surface area is 193 Å². The van der Waals surface area contributed by atoms with Crippen LogP contribution < -0.4 is 10.0 Å². The lowest BCUT2D eigenvalue weighted by Crippen LogP contribution is -2.31. The average molecular weight is 457 g/mol. The lowest BCUT2D eigenvalue weighted by atomic mass is 9.86. The molecule has 0 bridgehead atoms. The largest absolute Gasteiger partial charge is 0.545 e. The zero-order valence-electron chi connectivity index (χ0n) is 17.8. The molecule has 0 N–H and O–H groups in total. The van der Waals surface area contributed by atoms with E-state index in [9.17, 15) is 34.4 Å². The number of non-ortho nitro benzene ring substituents is 1. The standard InChI is InChI=1S/C25H18N2O7/c1-14-5-7-16(8-6-14)22(28)20-21(15-9-11-18(12-10-15)27(33)34)26(24(30)23(20)29)19-4-2-3-17(13-19)25(31)32/h2-13,20-21H,1H3,(H,31,32)/p-1. The third-order valence-corrected chi connectivity index (χ3v) is 5.73. The Morgan fingerprint density at radius 3 is 2.15 bits per heavy atom. The lowest BCUT2D eigenvalue weighted by molar-refractivity contribution is -0.384. The summed E-state index contributed by atoms with van der Waals surface area (Å²) in [5.74, 6) is -5.42. The number of hydrogen-bond acceptors (Lipinski definition) is 7. The maximum Gasteiger partial charge on any atom is 0.295 e. The molecule has 34 heavy (non-hydrogen) atoms. The minimum Gasteiger partial charge on any atom is -0.545 e. The van der Waals surface area contributed by atoms with Gasteiger partial charge in [0, 0.05) is 23.4 Å². The molecule has 1 amide bonds. The molecule has 3 aromatic carbocycles. The van der Waals surface area contributed by atoms with Gasteiger partial charge in [-0.25, -0.2) is 0 Å². The number of carbonyl (C=O) groups excluding carboxylic acids is 4. The number of carboxylic acids is 1. The predicted octanol–water partition coefficient (Wildman–Crippen LogP) is 2.42. The molecule has 0 saturated carbocycles. The number of aryl methyl sites for hydroxylation is 1. The number of nitro benzene ring substituents is 1. The quantitative estimate of drug-likeness (QED) is 0.182. The van der Waals surface area contributed by atoms with Gasteiger partial charge in [-0.1, -0.05) is 54.1 Å². The van der Waals surface area contributed by atoms with Gasteiger partial charge < -0.3 is 9.90 Å². The van der Waals surface area contributed by atoms with Crippen LogP contribution >= 0.6 is 0 Å². The number of nitrogens with zero attached hydrogens (tertiary/aromatic N) is 2. The Balaban J connectivity index is 1.87. The van der Waals surface area contributed by atoms with Crippen LogP contribution in [-0.4, -0.2) is 28.4 Å². The fourth-order valence-electron chi connectivity index (χ4n) is 4.03. The average Bonchev–Trinajstić information content (AvgIpc) is 3.09. The van der Waals surface area contributed by atoms with Gasteiger partial charge in [-0.2, -0.15) is 0 Å². The van der Waals surface area contributed by atoms with Crippen molar-refractivity contribution >= 4 is 34.8 Å². The van der Waals surface area contributed by atoms with Gasteiger partial charge in [-0.05, 0) is 30.2 Å². The molecule has 1 saturated heterocycles. The number of carboxylic acid groups (broad SMARTS) is 1. The fraction of sp³-hybridized carbons (Fsp3) is 0.120. The fourth-order valence-corrected chi connectivity index (χ4v) is 4.03. The van der Waals surface area contributed by atoms with E-state index in [2.05, 4.69) is 0 Å². The maximum absolute atomic E-state index is 13.4. The van der Waals surface area contributed by atoms with Crippen LogP contribution in [-0.2, 0) is 9.59 Å². The van der Waals surface area contributed by atoms with Gasteiger partial charge in [0.15, 0.2) is 5.78 Å². The number of nitro groups is 1. The van der Waals surface area contributed by atoms with Crippen molar-refractivity contribution in [2.24, 2.45) is 5.92 Å². The first-order valence-electron chi connectivity index (χ1n) is 10.2. The monoisotopic (exact) mass is 457 g/mol. The van der Waals surface area contributed by atoms with E-state index >= 15 is 0 Å². The smallest absolute Gasteiger partial charge is 0.295 e. The second kappa shape index (κ2) is 8.70. The predicted molar refractivity (Wildman–Crippen MR) is 118 cm³/mol. The molecule has 3 aromatic rings. The zero-order chi connectivity index (χ0) is 24.6. The van der Waals surface area contributed by atoms with Gasteiger partial charge in [0.25, 0.3) is 11.6 Å². The molecule has 0 radical (unpaired) electrons. The molecule has 1 fully saturated rings. The summed E-state index contributed by atoms with van der Waals surface area (Å²) in [7, 11) is 0. The Hall–Kier alpha value is -4.66. The molecule has 0 aromatic heterocycles. The minimum atomic E-state index is -1.47. The number of amides is 1. The Morgan fingerprint density at radius 2 is 1.56 bits per heavy atom. The highest BCUT2D eigenvalue weighted by molar-refractivity contribution is 6.49. The number of aromatic carboxylic acids is 1. The number of anilines is 1. The second-order valence-electron chi connectivity index (χ2n) is 7.88. The summed E-state index contributed by atoms with van der Waals surface area (Å²) in [6, 6.07) is 15.9. The van der Waals surface area contributed by atoms with Gasteiger partial charge in [-0.3, -0.25) is 29.4 Å². The van der Waals surface area contributed by atoms with Crippen molar-refractivity contribution in [2.75, 3.05) is 4.90 Å². The number of carbonyl (C=O) groups is 4. The van der Waals surface area contributed by atoms with E-state index in [1.54, 1.807) is 24.3 Å². The highest BCUT2D eigenvalue weighted by atomic mass is 16.6. The number of hydrogen-bond donors (Lipinski definition) is 0. The third kappa shape index (κ3) is 3.95. The van der Waals surface area contributed by atoms with E-state index in [4.69, 9.17) is 0 Å². The van der Waals surface area contributed by atoms with E-state index in [0.29, 0.717) is 5.56 Å². The second-order valence-corrected chi connectivity index (χ2v) is 7.88. The molecule has 1 aliphatic rings. The van der Waals surface area contributed by atoms with Crippen LogP contribution in [0.2, 0.25) is 0 Å². The van der Waals surface area contributed by atoms with Gasteiger partial charge in [0.2, 0.25) is 5.78 Å². The van der Waals surface area contributed by atoms with E-state index < -0.39 is 40.3 Å². The number of rotatable bonds is 6. The SMILES string of the molecule is Cc1ccc(C(=O)C2C(=O)C(=O)N(c3cccc(C(=O)[O-])c3)C2c2ccc([N+](=O)[O-])cc2)cc1. The van der Waals surface area contributed by atoms with Crippen molar-refractivity contribution in [3.8, 4) is 0 Å². The summed E-state index contributed by atoms with van der Waals surface area (Å²) in [4.78, 5) is 62.5. The molecule has 9 nitrogen and oxygen atoms in total. The highest BCUT2D eigenvalue weighted by Crippen LogP contribution is 2.41. The van der Waals surface area contributed by atoms with E-state index in [-0.39, 0.29) is 22.5 Å². The van der Waals surface area contributed by atoms with Crippen LogP contribution in [0.5, 0.6) is 0 Å². The summed E-state index contributed by atoms with van der Waals surface area (Å²) in [6.45, 7) is 1.84. The first-order chi connectivity index (χ1) is 16.2. The first-order valence-corrected chi connectivity index (χ1v) is 10.2. The Morgan fingerprint density at radius 1 is 0.912 bits per heavy atom. The molecule has 1 heterocycles. The van der Waals surface area contributed by atoms with Crippen molar-refractivity contribution in [2.45, 2.75) is 13.0 Å². The zero-order valence-corrected chi connectivity index (χ0v) is 17.8. The van der Waals surface area contributed by atoms with Crippen molar-refractivity contribution in [3.05, 3.63) is 105 Å². The Bertz CT molecular complexity index is 1330. The van der Waals surface area contributed by atoms with Crippen LogP contribution in [0.3, 0.4) is 0 Å². The minimum absolute atomic E-state index is 0.0857. The molecule has 0 aliphatic carbocycles. The molecule has 2 atom stereocenters. The van der Waals surface area contributed by atoms with E-state index in [1.807, 2.05) is 6.92 Å². The normalized spacial score (nSPS) is 17.6. The molecule has 4 rings (SSSR count). The van der Waals surface area contributed by atoms with Crippen LogP contribution in [0.25, 0.3) is 0 Å². The van der Waals surface area contributed by atoms with E-state index in [0.717, 1.165) is 10.5 Å². The number of benzene rings is 3. The number of ketones is 2. The van der Waals surface area contributed by atoms with Gasteiger partial charge in [0.05, 0.1) is 16.9 Å². The van der Waals surface area contributed by atoms with Crippen LogP contribution in [0.4, 0.5) is 11.4 Å². The van der Waals surface area contributed by atoms with Crippen molar-refractivity contribution < 1.29 is 29.2 Å². The van der Waals surface area contributed by atoms with Gasteiger partial charge in [0.1, 0.15) is 5.92 Å². The summed E-state index contributed by atoms with van der Waals surface area (Å²) in [5.41, 5.74) is 1.11. The molecule has 0 spiro atoms. The van der Waals surface area contributed by atoms with Gasteiger partial charge >= 0.3 is 0 Å². The molecule has 170 valence electrons. The van der Waals surface area contributed by atoms with Crippen molar-refractivity contribution in [1.82, 2.24) is 0 Å². The summed E-state index contributed by atoms with van der Waals surface area (Å²) < 4.78 is 0. The molecule has 2 unspecified atom stereocenters. The van der Waals surface area contributed by atoms with Crippen molar-refractivity contribution in [3.63, 3.8) is 0 Å². The summed E-state index contributed by atoms with van der Waals surface area (Å²) in [6.07, 6.45) is 0. The van der Waals surface area contributed by atoms with Crippen LogP contribution in [0.15, 0.2) is 72.8 Å². The summed E-state index contributed by atoms with van der Waals surface area (Å²) >= 11 is 0. The third-order valence-electron chi connectivity index (χ3n) is 5.73. The molecular weight excluding hydrogens is 440 g/mol. The lowest BCUT2D eigenvalue weighted by Gasteiger charge is -2.27. The summed E-state index contributed by atoms with van der Waals surface area (Å²) in [5, 5.41) is 22.4. The topological polar surface area (TPSA) is 138 Å². The molecule has 1 aliphatic heterocycles. The van der Waals surface area contributed by atoms with Crippen LogP contribution in [0.1, 0.15) is 37.9 Å². The van der Waals surface area contributed by atoms with Crippen LogP contribution in [0, 0.1) is 23.0 Å². The van der Waals surface area contributed by atoms with E-state index in [1.165, 1.54) is 48.5 Å². The maximum atomic E-state index is 13.4. The molecule has 9 heteroatoms. The van der Waals surface area contributed by atoms with Crippen molar-refractivity contribution in [1.29, 1.82) is 0 Å². The highest BCUT2D eigenvalue weighted by Gasteiger charge is 2.52. The number of Topliss-reactive ketones (excluding diaryl/α,β-unsaturated/α-hetero) is 2.